The molecule has 3 aromatic heterocycles. The van der Waals surface area contributed by atoms with E-state index in [9.17, 15) is 0 Å². The van der Waals surface area contributed by atoms with E-state index in [2.05, 4.69) is 37.3 Å². The van der Waals surface area contributed by atoms with Gasteiger partial charge in [-0.2, -0.15) is 5.10 Å². The summed E-state index contributed by atoms with van der Waals surface area (Å²) in [6, 6.07) is 8.13. The van der Waals surface area contributed by atoms with Gasteiger partial charge in [-0.05, 0) is 51.6 Å². The van der Waals surface area contributed by atoms with Crippen molar-refractivity contribution < 1.29 is 4.74 Å². The van der Waals surface area contributed by atoms with Crippen molar-refractivity contribution in [2.75, 3.05) is 32.6 Å². The number of anilines is 2. The van der Waals surface area contributed by atoms with Crippen molar-refractivity contribution in [2.45, 2.75) is 25.8 Å². The SMILES string of the molecule is CN=C(/C(=C\N)OC[C@H]1CCCN1C)c1ccn2nc(Nc3ccnc(C)n3)cc2c1. The highest BCUT2D eigenvalue weighted by Gasteiger charge is 2.22. The van der Waals surface area contributed by atoms with E-state index in [1.807, 2.05) is 37.4 Å². The lowest BCUT2D eigenvalue weighted by Crippen LogP contribution is -2.30. The largest absolute Gasteiger partial charge is 0.488 e. The fraction of sp³-hybridized carbons (Fsp3) is 0.364. The molecule has 4 heterocycles. The van der Waals surface area contributed by atoms with Gasteiger partial charge in [-0.25, -0.2) is 14.5 Å². The first kappa shape index (κ1) is 20.8. The van der Waals surface area contributed by atoms with Gasteiger partial charge >= 0.3 is 0 Å². The minimum Gasteiger partial charge on any atom is -0.488 e. The van der Waals surface area contributed by atoms with E-state index in [0.29, 0.717) is 41.6 Å². The van der Waals surface area contributed by atoms with Crippen LogP contribution in [0.25, 0.3) is 5.52 Å². The van der Waals surface area contributed by atoms with E-state index in [1.54, 1.807) is 17.8 Å². The van der Waals surface area contributed by atoms with Crippen LogP contribution in [0.4, 0.5) is 11.6 Å². The monoisotopic (exact) mass is 420 g/mol. The molecule has 0 bridgehead atoms. The maximum Gasteiger partial charge on any atom is 0.160 e. The quantitative estimate of drug-likeness (QED) is 0.447. The van der Waals surface area contributed by atoms with Crippen LogP contribution < -0.4 is 11.1 Å². The molecule has 0 saturated carbocycles. The molecule has 1 aliphatic rings. The Morgan fingerprint density at radius 3 is 2.94 bits per heavy atom. The first-order valence-corrected chi connectivity index (χ1v) is 10.4. The maximum absolute atomic E-state index is 6.08. The van der Waals surface area contributed by atoms with Gasteiger partial charge in [0.2, 0.25) is 0 Å². The minimum absolute atomic E-state index is 0.407. The van der Waals surface area contributed by atoms with Crippen LogP contribution in [-0.4, -0.2) is 63.5 Å². The van der Waals surface area contributed by atoms with Gasteiger partial charge in [0.25, 0.3) is 0 Å². The van der Waals surface area contributed by atoms with Crippen LogP contribution in [0.2, 0.25) is 0 Å². The molecule has 9 heteroatoms. The molecule has 0 spiro atoms. The van der Waals surface area contributed by atoms with Crippen molar-refractivity contribution in [3.63, 3.8) is 0 Å². The molecule has 9 nitrogen and oxygen atoms in total. The van der Waals surface area contributed by atoms with Gasteiger partial charge in [-0.1, -0.05) is 0 Å². The number of aryl methyl sites for hydroxylation is 1. The molecule has 0 aromatic carbocycles. The van der Waals surface area contributed by atoms with Gasteiger partial charge in [-0.15, -0.1) is 0 Å². The van der Waals surface area contributed by atoms with Crippen molar-refractivity contribution in [1.29, 1.82) is 0 Å². The molecule has 0 aliphatic carbocycles. The standard InChI is InChI=1S/C22H28N8O/c1-15-25-8-6-20(26-15)27-21-12-18-11-16(7-10-30(18)28-21)22(24-2)19(13-23)31-14-17-5-4-9-29(17)3/h6-8,10-13,17H,4-5,9,14,23H2,1-3H3,(H,25,26,27,28)/b19-13+,24-22?/t17-/m1/s1. The maximum atomic E-state index is 6.08. The fourth-order valence-electron chi connectivity index (χ4n) is 3.81. The Labute approximate surface area is 181 Å². The Balaban J connectivity index is 1.52. The van der Waals surface area contributed by atoms with Crippen LogP contribution in [-0.2, 0) is 4.74 Å². The Hall–Kier alpha value is -3.46. The summed E-state index contributed by atoms with van der Waals surface area (Å²) in [6.07, 6.45) is 7.43. The molecular weight excluding hydrogens is 392 g/mol. The lowest BCUT2D eigenvalue weighted by molar-refractivity contribution is 0.150. The van der Waals surface area contributed by atoms with Crippen molar-refractivity contribution in [3.05, 3.63) is 60.0 Å². The number of rotatable bonds is 7. The van der Waals surface area contributed by atoms with Gasteiger partial charge in [0.05, 0.1) is 5.52 Å². The van der Waals surface area contributed by atoms with E-state index < -0.39 is 0 Å². The number of hydrogen-bond acceptors (Lipinski definition) is 8. The molecule has 1 saturated heterocycles. The third-order valence-corrected chi connectivity index (χ3v) is 5.48. The number of hydrogen-bond donors (Lipinski definition) is 2. The van der Waals surface area contributed by atoms with Crippen molar-refractivity contribution in [1.82, 2.24) is 24.5 Å². The summed E-state index contributed by atoms with van der Waals surface area (Å²) in [5, 5.41) is 7.77. The number of ether oxygens (including phenoxy) is 1. The fourth-order valence-corrected chi connectivity index (χ4v) is 3.81. The predicted octanol–water partition coefficient (Wildman–Crippen LogP) is 2.51. The number of fused-ring (bicyclic) bond motifs is 1. The topological polar surface area (TPSA) is 106 Å². The average molecular weight is 421 g/mol. The number of likely N-dealkylation sites (tertiary alicyclic amines) is 1. The number of likely N-dealkylation sites (N-methyl/N-ethyl adjacent to an activating group) is 1. The highest BCUT2D eigenvalue weighted by atomic mass is 16.5. The molecule has 1 fully saturated rings. The van der Waals surface area contributed by atoms with Crippen molar-refractivity contribution >= 4 is 22.9 Å². The van der Waals surface area contributed by atoms with Crippen LogP contribution in [0.15, 0.2) is 53.6 Å². The molecule has 0 amide bonds. The van der Waals surface area contributed by atoms with Crippen LogP contribution in [0, 0.1) is 6.92 Å². The van der Waals surface area contributed by atoms with E-state index in [1.165, 1.54) is 12.6 Å². The lowest BCUT2D eigenvalue weighted by Gasteiger charge is -2.21. The second-order valence-electron chi connectivity index (χ2n) is 7.62. The summed E-state index contributed by atoms with van der Waals surface area (Å²) in [4.78, 5) is 15.2. The van der Waals surface area contributed by atoms with Gasteiger partial charge in [0.1, 0.15) is 24.0 Å². The first-order chi connectivity index (χ1) is 15.1. The summed E-state index contributed by atoms with van der Waals surface area (Å²) in [5.74, 6) is 2.68. The normalized spacial score (nSPS) is 18.0. The smallest absolute Gasteiger partial charge is 0.160 e. The zero-order chi connectivity index (χ0) is 21.8. The van der Waals surface area contributed by atoms with Crippen LogP contribution in [0.3, 0.4) is 0 Å². The van der Waals surface area contributed by atoms with Crippen molar-refractivity contribution in [3.8, 4) is 0 Å². The Morgan fingerprint density at radius 2 is 2.23 bits per heavy atom. The Bertz CT molecular complexity index is 1120. The van der Waals surface area contributed by atoms with Gasteiger partial charge < -0.3 is 20.7 Å². The number of aromatic nitrogens is 4. The lowest BCUT2D eigenvalue weighted by atomic mass is 10.1. The van der Waals surface area contributed by atoms with E-state index in [4.69, 9.17) is 10.5 Å². The minimum atomic E-state index is 0.407. The molecule has 1 aliphatic heterocycles. The molecule has 4 rings (SSSR count). The van der Waals surface area contributed by atoms with Crippen LogP contribution in [0.5, 0.6) is 0 Å². The number of nitrogens with zero attached hydrogens (tertiary/aromatic N) is 6. The van der Waals surface area contributed by atoms with Gasteiger partial charge in [0.15, 0.2) is 11.6 Å². The summed E-state index contributed by atoms with van der Waals surface area (Å²) in [5.41, 5.74) is 8.44. The van der Waals surface area contributed by atoms with Gasteiger partial charge in [0, 0.05) is 43.3 Å². The van der Waals surface area contributed by atoms with Gasteiger partial charge in [-0.3, -0.25) is 4.99 Å². The summed E-state index contributed by atoms with van der Waals surface area (Å²) >= 11 is 0. The summed E-state index contributed by atoms with van der Waals surface area (Å²) in [7, 11) is 3.87. The Kier molecular flexibility index (Phi) is 6.13. The highest BCUT2D eigenvalue weighted by Crippen LogP contribution is 2.20. The number of aliphatic imine (C=N–C) groups is 1. The highest BCUT2D eigenvalue weighted by molar-refractivity contribution is 6.11. The molecule has 0 unspecified atom stereocenters. The van der Waals surface area contributed by atoms with Crippen LogP contribution >= 0.6 is 0 Å². The molecule has 162 valence electrons. The molecular formula is C22H28N8O. The van der Waals surface area contributed by atoms with E-state index >= 15 is 0 Å². The molecule has 1 atom stereocenters. The second kappa shape index (κ2) is 9.13. The van der Waals surface area contributed by atoms with Crippen molar-refractivity contribution in [2.24, 2.45) is 10.7 Å². The summed E-state index contributed by atoms with van der Waals surface area (Å²) in [6.45, 7) is 3.55. The third-order valence-electron chi connectivity index (χ3n) is 5.48. The second-order valence-corrected chi connectivity index (χ2v) is 7.62. The third kappa shape index (κ3) is 4.66. The number of pyridine rings is 1. The zero-order valence-electron chi connectivity index (χ0n) is 18.1. The number of nitrogens with one attached hydrogen (secondary N) is 1. The first-order valence-electron chi connectivity index (χ1n) is 10.4. The predicted molar refractivity (Wildman–Crippen MR) is 122 cm³/mol. The van der Waals surface area contributed by atoms with E-state index in [0.717, 1.165) is 24.0 Å². The molecule has 31 heavy (non-hydrogen) atoms. The number of allylic oxidation sites excluding steroid dienone is 1. The molecule has 3 N–H and O–H groups in total. The molecule has 0 radical (unpaired) electrons. The zero-order valence-corrected chi connectivity index (χ0v) is 18.1. The average Bonchev–Trinajstić information content (AvgIpc) is 3.35. The Morgan fingerprint density at radius 1 is 1.35 bits per heavy atom. The molecule has 3 aromatic rings. The number of nitrogens with two attached hydrogens (primary N) is 1. The summed E-state index contributed by atoms with van der Waals surface area (Å²) < 4.78 is 7.87. The van der Waals surface area contributed by atoms with E-state index in [-0.39, 0.29) is 0 Å². The van der Waals surface area contributed by atoms with Crippen LogP contribution in [0.1, 0.15) is 24.2 Å².